The van der Waals surface area contributed by atoms with Gasteiger partial charge in [0.25, 0.3) is 0 Å². The largest absolute Gasteiger partial charge is 0.341 e. The highest BCUT2D eigenvalue weighted by molar-refractivity contribution is 8.00. The molecule has 0 spiro atoms. The predicted molar refractivity (Wildman–Crippen MR) is 67.8 cm³/mol. The van der Waals surface area contributed by atoms with E-state index in [2.05, 4.69) is 19.9 Å². The molecule has 2 aromatic heterocycles. The van der Waals surface area contributed by atoms with Crippen molar-refractivity contribution in [2.45, 2.75) is 42.0 Å². The summed E-state index contributed by atoms with van der Waals surface area (Å²) in [6.45, 7) is 0. The molecule has 1 aliphatic rings. The molecule has 2 heterocycles. The highest BCUT2D eigenvalue weighted by Gasteiger charge is 2.24. The summed E-state index contributed by atoms with van der Waals surface area (Å²) in [6, 6.07) is 0.279. The molecule has 0 aromatic carbocycles. The number of fused-ring (bicyclic) bond motifs is 1. The minimum Gasteiger partial charge on any atom is -0.341 e. The fourth-order valence-electron chi connectivity index (χ4n) is 2.25. The third-order valence-corrected chi connectivity index (χ3v) is 4.63. The van der Waals surface area contributed by atoms with Crippen molar-refractivity contribution in [3.63, 3.8) is 0 Å². The number of aromatic nitrogens is 4. The number of nitrogens with two attached hydrogens (primary N) is 1. The molecule has 0 bridgehead atoms. The van der Waals surface area contributed by atoms with Crippen molar-refractivity contribution >= 4 is 22.9 Å². The van der Waals surface area contributed by atoms with Gasteiger partial charge in [-0.2, -0.15) is 0 Å². The average molecular weight is 249 g/mol. The van der Waals surface area contributed by atoms with Gasteiger partial charge in [0.1, 0.15) is 16.9 Å². The molecule has 0 amide bonds. The van der Waals surface area contributed by atoms with Crippen LogP contribution in [0.4, 0.5) is 0 Å². The smallest absolute Gasteiger partial charge is 0.181 e. The Hall–Kier alpha value is -1.14. The van der Waals surface area contributed by atoms with E-state index in [0.717, 1.165) is 22.6 Å². The van der Waals surface area contributed by atoms with Crippen molar-refractivity contribution < 1.29 is 0 Å². The Balaban J connectivity index is 1.86. The van der Waals surface area contributed by atoms with E-state index in [1.165, 1.54) is 19.3 Å². The van der Waals surface area contributed by atoms with Gasteiger partial charge in [-0.05, 0) is 12.8 Å². The van der Waals surface area contributed by atoms with Gasteiger partial charge in [0, 0.05) is 11.3 Å². The van der Waals surface area contributed by atoms with Gasteiger partial charge in [0.2, 0.25) is 0 Å². The number of thioether (sulfide) groups is 1. The molecule has 0 aliphatic heterocycles. The van der Waals surface area contributed by atoms with Gasteiger partial charge in [-0.25, -0.2) is 15.0 Å². The third kappa shape index (κ3) is 2.14. The summed E-state index contributed by atoms with van der Waals surface area (Å²) >= 11 is 1.76. The summed E-state index contributed by atoms with van der Waals surface area (Å²) in [5.41, 5.74) is 7.81. The Kier molecular flexibility index (Phi) is 2.98. The van der Waals surface area contributed by atoms with Gasteiger partial charge in [-0.1, -0.05) is 24.6 Å². The second-order valence-electron chi connectivity index (χ2n) is 4.38. The second-order valence-corrected chi connectivity index (χ2v) is 5.61. The molecule has 90 valence electrons. The quantitative estimate of drug-likeness (QED) is 0.792. The van der Waals surface area contributed by atoms with Crippen LogP contribution in [0.15, 0.2) is 17.7 Å². The summed E-state index contributed by atoms with van der Waals surface area (Å²) in [4.78, 5) is 15.7. The van der Waals surface area contributed by atoms with Crippen LogP contribution >= 0.6 is 11.8 Å². The summed E-state index contributed by atoms with van der Waals surface area (Å²) in [7, 11) is 0. The van der Waals surface area contributed by atoms with Crippen LogP contribution < -0.4 is 5.73 Å². The van der Waals surface area contributed by atoms with Gasteiger partial charge in [-0.3, -0.25) is 0 Å². The van der Waals surface area contributed by atoms with Gasteiger partial charge in [-0.15, -0.1) is 0 Å². The van der Waals surface area contributed by atoms with E-state index in [-0.39, 0.29) is 6.04 Å². The lowest BCUT2D eigenvalue weighted by atomic mass is 9.96. The molecule has 1 aliphatic carbocycles. The maximum absolute atomic E-state index is 6.16. The van der Waals surface area contributed by atoms with Crippen LogP contribution in [-0.4, -0.2) is 31.2 Å². The lowest BCUT2D eigenvalue weighted by Gasteiger charge is -2.27. The second kappa shape index (κ2) is 4.62. The molecule has 2 atom stereocenters. The van der Waals surface area contributed by atoms with Crippen LogP contribution in [0.2, 0.25) is 0 Å². The Bertz CT molecular complexity index is 511. The zero-order chi connectivity index (χ0) is 11.7. The molecule has 6 heteroatoms. The highest BCUT2D eigenvalue weighted by atomic mass is 32.2. The minimum absolute atomic E-state index is 0.279. The Labute approximate surface area is 104 Å². The maximum atomic E-state index is 6.16. The standard InChI is InChI=1S/C11H15N5S/c12-7-3-1-2-4-8(7)17-11-9-10(14-5-13-9)15-6-16-11/h5-8H,1-4,12H2,(H,13,14,15,16). The average Bonchev–Trinajstić information content (AvgIpc) is 2.81. The predicted octanol–water partition coefficient (Wildman–Crippen LogP) is 1.71. The van der Waals surface area contributed by atoms with Gasteiger partial charge >= 0.3 is 0 Å². The van der Waals surface area contributed by atoms with Gasteiger partial charge in [0.05, 0.1) is 6.33 Å². The van der Waals surface area contributed by atoms with Gasteiger partial charge in [0.15, 0.2) is 5.65 Å². The van der Waals surface area contributed by atoms with E-state index in [1.54, 1.807) is 24.4 Å². The van der Waals surface area contributed by atoms with E-state index in [9.17, 15) is 0 Å². The monoisotopic (exact) mass is 249 g/mol. The first kappa shape index (κ1) is 11.0. The molecule has 2 aromatic rings. The third-order valence-electron chi connectivity index (χ3n) is 3.20. The van der Waals surface area contributed by atoms with Crippen LogP contribution in [0.25, 0.3) is 11.2 Å². The van der Waals surface area contributed by atoms with Crippen molar-refractivity contribution in [3.05, 3.63) is 12.7 Å². The van der Waals surface area contributed by atoms with E-state index < -0.39 is 0 Å². The number of H-pyrrole nitrogens is 1. The zero-order valence-electron chi connectivity index (χ0n) is 9.47. The van der Waals surface area contributed by atoms with E-state index in [1.807, 2.05) is 0 Å². The summed E-state index contributed by atoms with van der Waals surface area (Å²) in [5, 5.41) is 1.43. The lowest BCUT2D eigenvalue weighted by molar-refractivity contribution is 0.453. The number of hydrogen-bond donors (Lipinski definition) is 2. The number of nitrogens with zero attached hydrogens (tertiary/aromatic N) is 3. The van der Waals surface area contributed by atoms with Crippen molar-refractivity contribution in [2.24, 2.45) is 5.73 Å². The number of imidazole rings is 1. The molecular formula is C11H15N5S. The van der Waals surface area contributed by atoms with Crippen LogP contribution in [0.3, 0.4) is 0 Å². The first-order valence-corrected chi connectivity index (χ1v) is 6.79. The molecule has 0 radical (unpaired) electrons. The SMILES string of the molecule is NC1CCCCC1Sc1ncnc2nc[nH]c12. The Morgan fingerprint density at radius 1 is 1.24 bits per heavy atom. The molecule has 1 saturated carbocycles. The summed E-state index contributed by atoms with van der Waals surface area (Å²) in [5.74, 6) is 0. The minimum atomic E-state index is 0.279. The highest BCUT2D eigenvalue weighted by Crippen LogP contribution is 2.33. The zero-order valence-corrected chi connectivity index (χ0v) is 10.3. The van der Waals surface area contributed by atoms with E-state index >= 15 is 0 Å². The molecule has 17 heavy (non-hydrogen) atoms. The molecule has 3 N–H and O–H groups in total. The molecular weight excluding hydrogens is 234 g/mol. The molecule has 3 rings (SSSR count). The Morgan fingerprint density at radius 2 is 2.12 bits per heavy atom. The number of aromatic amines is 1. The summed E-state index contributed by atoms with van der Waals surface area (Å²) in [6.07, 6.45) is 8.04. The molecule has 2 unspecified atom stereocenters. The molecule has 0 saturated heterocycles. The normalized spacial score (nSPS) is 25.2. The maximum Gasteiger partial charge on any atom is 0.181 e. The van der Waals surface area contributed by atoms with Gasteiger partial charge < -0.3 is 10.7 Å². The van der Waals surface area contributed by atoms with Crippen LogP contribution in [0, 0.1) is 0 Å². The van der Waals surface area contributed by atoms with Crippen molar-refractivity contribution in [1.82, 2.24) is 19.9 Å². The first-order chi connectivity index (χ1) is 8.34. The molecule has 1 fully saturated rings. The number of hydrogen-bond acceptors (Lipinski definition) is 5. The topological polar surface area (TPSA) is 80.5 Å². The molecule has 5 nitrogen and oxygen atoms in total. The first-order valence-electron chi connectivity index (χ1n) is 5.91. The number of nitrogens with one attached hydrogen (secondary N) is 1. The lowest BCUT2D eigenvalue weighted by Crippen LogP contribution is -2.35. The fraction of sp³-hybridized carbons (Fsp3) is 0.545. The Morgan fingerprint density at radius 3 is 3.00 bits per heavy atom. The van der Waals surface area contributed by atoms with E-state index in [0.29, 0.717) is 5.25 Å². The number of rotatable bonds is 2. The van der Waals surface area contributed by atoms with Crippen LogP contribution in [-0.2, 0) is 0 Å². The van der Waals surface area contributed by atoms with E-state index in [4.69, 9.17) is 5.73 Å². The van der Waals surface area contributed by atoms with Crippen LogP contribution in [0.1, 0.15) is 25.7 Å². The fourth-order valence-corrected chi connectivity index (χ4v) is 3.51. The van der Waals surface area contributed by atoms with Crippen molar-refractivity contribution in [2.75, 3.05) is 0 Å². The van der Waals surface area contributed by atoms with Crippen molar-refractivity contribution in [3.8, 4) is 0 Å². The van der Waals surface area contributed by atoms with Crippen molar-refractivity contribution in [1.29, 1.82) is 0 Å². The summed E-state index contributed by atoms with van der Waals surface area (Å²) < 4.78 is 0. The van der Waals surface area contributed by atoms with Crippen LogP contribution in [0.5, 0.6) is 0 Å².